The number of methoxy groups -OCH3 is 1. The molecular weight excluding hydrogens is 220 g/mol. The molecule has 1 rings (SSSR count). The van der Waals surface area contributed by atoms with E-state index in [2.05, 4.69) is 10.0 Å². The molecule has 0 spiro atoms. The number of sulfonamides is 1. The van der Waals surface area contributed by atoms with Crippen LogP contribution < -0.4 is 9.88 Å². The van der Waals surface area contributed by atoms with E-state index in [1.165, 1.54) is 25.3 Å². The van der Waals surface area contributed by atoms with Crippen LogP contribution in [0.5, 0.6) is 5.75 Å². The molecule has 2 N–H and O–H groups in total. The van der Waals surface area contributed by atoms with Crippen molar-refractivity contribution in [3.05, 3.63) is 28.6 Å². The van der Waals surface area contributed by atoms with E-state index < -0.39 is 10.0 Å². The second-order valence-electron chi connectivity index (χ2n) is 2.57. The van der Waals surface area contributed by atoms with Crippen molar-refractivity contribution in [2.24, 2.45) is 10.3 Å². The lowest BCUT2D eigenvalue weighted by atomic mass is 10.3. The fourth-order valence-electron chi connectivity index (χ4n) is 1.01. The summed E-state index contributed by atoms with van der Waals surface area (Å²) in [6, 6.07) is 3.85. The van der Waals surface area contributed by atoms with Gasteiger partial charge >= 0.3 is 0 Å². The smallest absolute Gasteiger partial charge is 0.241 e. The first-order valence-electron chi connectivity index (χ1n) is 3.75. The summed E-state index contributed by atoms with van der Waals surface area (Å²) >= 11 is 0. The van der Waals surface area contributed by atoms with E-state index in [1.807, 2.05) is 0 Å². The molecule has 0 fully saturated rings. The minimum Gasteiger partial charge on any atom is -0.495 e. The van der Waals surface area contributed by atoms with E-state index in [4.69, 9.17) is 15.4 Å². The molecule has 8 heteroatoms. The lowest BCUT2D eigenvalue weighted by molar-refractivity contribution is 0.403. The molecule has 0 saturated heterocycles. The number of hydrogen-bond acceptors (Lipinski definition) is 4. The third-order valence-electron chi connectivity index (χ3n) is 1.61. The lowest BCUT2D eigenvalue weighted by Crippen LogP contribution is -2.13. The number of rotatable bonds is 3. The third kappa shape index (κ3) is 2.59. The van der Waals surface area contributed by atoms with E-state index >= 15 is 0 Å². The number of azide groups is 1. The maximum atomic E-state index is 11.1. The molecule has 0 saturated carbocycles. The Morgan fingerprint density at radius 3 is 2.67 bits per heavy atom. The topological polar surface area (TPSA) is 118 Å². The van der Waals surface area contributed by atoms with Crippen molar-refractivity contribution in [2.45, 2.75) is 4.90 Å². The van der Waals surface area contributed by atoms with Gasteiger partial charge in [-0.2, -0.15) is 0 Å². The fourth-order valence-corrected chi connectivity index (χ4v) is 1.69. The predicted molar refractivity (Wildman–Crippen MR) is 53.2 cm³/mol. The fraction of sp³-hybridized carbons (Fsp3) is 0.143. The van der Waals surface area contributed by atoms with Crippen LogP contribution in [0.3, 0.4) is 0 Å². The zero-order chi connectivity index (χ0) is 11.5. The van der Waals surface area contributed by atoms with Crippen LogP contribution in [0.1, 0.15) is 0 Å². The summed E-state index contributed by atoms with van der Waals surface area (Å²) in [6.45, 7) is 0. The quantitative estimate of drug-likeness (QED) is 0.476. The molecule has 0 atom stereocenters. The van der Waals surface area contributed by atoms with Gasteiger partial charge in [0.15, 0.2) is 0 Å². The van der Waals surface area contributed by atoms with E-state index in [0.29, 0.717) is 0 Å². The van der Waals surface area contributed by atoms with Gasteiger partial charge in [-0.25, -0.2) is 13.6 Å². The van der Waals surface area contributed by atoms with Gasteiger partial charge < -0.3 is 4.74 Å². The molecule has 0 unspecified atom stereocenters. The predicted octanol–water partition coefficient (Wildman–Crippen LogP) is 1.28. The minimum atomic E-state index is -3.84. The van der Waals surface area contributed by atoms with Crippen molar-refractivity contribution in [3.8, 4) is 5.75 Å². The Bertz CT molecular complexity index is 519. The van der Waals surface area contributed by atoms with Crippen molar-refractivity contribution in [3.63, 3.8) is 0 Å². The summed E-state index contributed by atoms with van der Waals surface area (Å²) in [6.07, 6.45) is 0. The lowest BCUT2D eigenvalue weighted by Gasteiger charge is -2.06. The number of nitrogens with two attached hydrogens (primary N) is 1. The summed E-state index contributed by atoms with van der Waals surface area (Å²) < 4.78 is 27.0. The van der Waals surface area contributed by atoms with Crippen LogP contribution in [0.2, 0.25) is 0 Å². The zero-order valence-electron chi connectivity index (χ0n) is 7.78. The van der Waals surface area contributed by atoms with Crippen molar-refractivity contribution < 1.29 is 13.2 Å². The average molecular weight is 228 g/mol. The molecule has 7 nitrogen and oxygen atoms in total. The van der Waals surface area contributed by atoms with Gasteiger partial charge in [0.1, 0.15) is 10.6 Å². The highest BCUT2D eigenvalue weighted by Crippen LogP contribution is 2.27. The van der Waals surface area contributed by atoms with Crippen LogP contribution >= 0.6 is 0 Å². The number of nitrogens with zero attached hydrogens (tertiary/aromatic N) is 3. The monoisotopic (exact) mass is 228 g/mol. The SMILES string of the molecule is COc1cc(N=[N+]=[N-])ccc1S(N)(=O)=O. The van der Waals surface area contributed by atoms with Gasteiger partial charge in [0.25, 0.3) is 0 Å². The van der Waals surface area contributed by atoms with E-state index in [1.54, 1.807) is 0 Å². The Hall–Kier alpha value is -1.76. The summed E-state index contributed by atoms with van der Waals surface area (Å²) in [5, 5.41) is 8.25. The van der Waals surface area contributed by atoms with Crippen molar-refractivity contribution in [1.82, 2.24) is 0 Å². The largest absolute Gasteiger partial charge is 0.495 e. The number of ether oxygens (including phenoxy) is 1. The van der Waals surface area contributed by atoms with E-state index in [9.17, 15) is 8.42 Å². The van der Waals surface area contributed by atoms with Crippen LogP contribution in [-0.4, -0.2) is 15.5 Å². The molecule has 0 aliphatic rings. The number of hydrogen-bond donors (Lipinski definition) is 1. The van der Waals surface area contributed by atoms with Crippen molar-refractivity contribution in [2.75, 3.05) is 7.11 Å². The molecular formula is C7H8N4O3S. The maximum absolute atomic E-state index is 11.1. The molecule has 15 heavy (non-hydrogen) atoms. The first kappa shape index (κ1) is 11.3. The van der Waals surface area contributed by atoms with Gasteiger partial charge in [0.2, 0.25) is 10.0 Å². The van der Waals surface area contributed by atoms with Gasteiger partial charge in [-0.3, -0.25) is 0 Å². The highest BCUT2D eigenvalue weighted by Gasteiger charge is 2.14. The number of benzene rings is 1. The van der Waals surface area contributed by atoms with Gasteiger partial charge in [-0.05, 0) is 17.7 Å². The Morgan fingerprint density at radius 1 is 1.53 bits per heavy atom. The second kappa shape index (κ2) is 4.18. The zero-order valence-corrected chi connectivity index (χ0v) is 8.60. The highest BCUT2D eigenvalue weighted by atomic mass is 32.2. The first-order valence-corrected chi connectivity index (χ1v) is 5.29. The van der Waals surface area contributed by atoms with Crippen molar-refractivity contribution in [1.29, 1.82) is 0 Å². The summed E-state index contributed by atoms with van der Waals surface area (Å²) in [5.41, 5.74) is 8.44. The minimum absolute atomic E-state index is 0.0439. The van der Waals surface area contributed by atoms with E-state index in [0.717, 1.165) is 0 Å². The highest BCUT2D eigenvalue weighted by molar-refractivity contribution is 7.89. The van der Waals surface area contributed by atoms with Crippen LogP contribution in [-0.2, 0) is 10.0 Å². The van der Waals surface area contributed by atoms with Crippen LogP contribution in [0, 0.1) is 0 Å². The molecule has 0 aromatic heterocycles. The Morgan fingerprint density at radius 2 is 2.20 bits per heavy atom. The molecule has 80 valence electrons. The molecule has 0 radical (unpaired) electrons. The Balaban J connectivity index is 3.40. The van der Waals surface area contributed by atoms with Crippen LogP contribution in [0.25, 0.3) is 10.4 Å². The summed E-state index contributed by atoms with van der Waals surface area (Å²) in [7, 11) is -2.54. The Kier molecular flexibility index (Phi) is 3.15. The number of primary sulfonamides is 1. The maximum Gasteiger partial charge on any atom is 0.241 e. The Labute approximate surface area is 86.1 Å². The second-order valence-corrected chi connectivity index (χ2v) is 4.10. The van der Waals surface area contributed by atoms with Gasteiger partial charge in [0, 0.05) is 10.6 Å². The molecule has 1 aromatic rings. The van der Waals surface area contributed by atoms with Crippen molar-refractivity contribution >= 4 is 15.7 Å². The molecule has 0 amide bonds. The molecule has 0 aliphatic carbocycles. The molecule has 0 heterocycles. The van der Waals surface area contributed by atoms with E-state index in [-0.39, 0.29) is 16.3 Å². The molecule has 1 aromatic carbocycles. The van der Waals surface area contributed by atoms with Gasteiger partial charge in [-0.1, -0.05) is 11.2 Å². The standard InChI is InChI=1S/C7H8N4O3S/c1-14-6-4-5(10-11-8)2-3-7(6)15(9,12)13/h2-4H,1H3,(H2,9,12,13). The summed E-state index contributed by atoms with van der Waals surface area (Å²) in [4.78, 5) is 2.41. The molecule has 0 aliphatic heterocycles. The third-order valence-corrected chi connectivity index (χ3v) is 2.56. The normalized spacial score (nSPS) is 10.5. The average Bonchev–Trinajstić information content (AvgIpc) is 2.16. The summed E-state index contributed by atoms with van der Waals surface area (Å²) in [5.74, 6) is 0.0439. The molecule has 0 bridgehead atoms. The van der Waals surface area contributed by atoms with Gasteiger partial charge in [0.05, 0.1) is 7.11 Å². The van der Waals surface area contributed by atoms with Gasteiger partial charge in [-0.15, -0.1) is 0 Å². The first-order chi connectivity index (χ1) is 6.99. The van der Waals surface area contributed by atoms with Crippen LogP contribution in [0.15, 0.2) is 28.2 Å². The van der Waals surface area contributed by atoms with Crippen LogP contribution in [0.4, 0.5) is 5.69 Å².